The highest BCUT2D eigenvalue weighted by Gasteiger charge is 2.22. The number of rotatable bonds is 3. The molecule has 0 bridgehead atoms. The van der Waals surface area contributed by atoms with Crippen molar-refractivity contribution in [1.82, 2.24) is 0 Å². The SMILES string of the molecule is CC(C)c1c(F)cccc1OC1CCC1. The lowest BCUT2D eigenvalue weighted by atomic mass is 9.95. The van der Waals surface area contributed by atoms with E-state index in [2.05, 4.69) is 0 Å². The first-order chi connectivity index (χ1) is 7.18. The Kier molecular flexibility index (Phi) is 2.94. The summed E-state index contributed by atoms with van der Waals surface area (Å²) in [6, 6.07) is 5.09. The molecule has 2 heteroatoms. The lowest BCUT2D eigenvalue weighted by Crippen LogP contribution is -2.25. The zero-order valence-electron chi connectivity index (χ0n) is 9.29. The molecule has 0 radical (unpaired) electrons. The van der Waals surface area contributed by atoms with E-state index >= 15 is 0 Å². The van der Waals surface area contributed by atoms with E-state index in [9.17, 15) is 4.39 Å². The maximum atomic E-state index is 13.6. The number of hydrogen-bond donors (Lipinski definition) is 0. The van der Waals surface area contributed by atoms with Crippen LogP contribution >= 0.6 is 0 Å². The Labute approximate surface area is 90.3 Å². The van der Waals surface area contributed by atoms with Crippen LogP contribution in [0.1, 0.15) is 44.6 Å². The summed E-state index contributed by atoms with van der Waals surface area (Å²) in [4.78, 5) is 0. The lowest BCUT2D eigenvalue weighted by Gasteiger charge is -2.28. The third-order valence-electron chi connectivity index (χ3n) is 2.94. The first-order valence-electron chi connectivity index (χ1n) is 5.63. The van der Waals surface area contributed by atoms with Crippen molar-refractivity contribution in [3.05, 3.63) is 29.6 Å². The molecular formula is C13H17FO. The summed E-state index contributed by atoms with van der Waals surface area (Å²) >= 11 is 0. The van der Waals surface area contributed by atoms with Gasteiger partial charge in [0.1, 0.15) is 11.6 Å². The predicted molar refractivity (Wildman–Crippen MR) is 58.8 cm³/mol. The van der Waals surface area contributed by atoms with E-state index in [0.717, 1.165) is 18.6 Å². The minimum Gasteiger partial charge on any atom is -0.490 e. The molecule has 1 nitrogen and oxygen atoms in total. The maximum Gasteiger partial charge on any atom is 0.130 e. The van der Waals surface area contributed by atoms with Crippen LogP contribution in [0.15, 0.2) is 18.2 Å². The van der Waals surface area contributed by atoms with Crippen molar-refractivity contribution in [1.29, 1.82) is 0 Å². The first kappa shape index (κ1) is 10.5. The molecule has 1 saturated carbocycles. The summed E-state index contributed by atoms with van der Waals surface area (Å²) in [6.45, 7) is 3.98. The summed E-state index contributed by atoms with van der Waals surface area (Å²) in [7, 11) is 0. The number of hydrogen-bond acceptors (Lipinski definition) is 1. The van der Waals surface area contributed by atoms with Crippen molar-refractivity contribution in [2.75, 3.05) is 0 Å². The van der Waals surface area contributed by atoms with Gasteiger partial charge in [0.25, 0.3) is 0 Å². The third kappa shape index (κ3) is 2.14. The van der Waals surface area contributed by atoms with Crippen molar-refractivity contribution in [2.45, 2.75) is 45.1 Å². The van der Waals surface area contributed by atoms with Gasteiger partial charge in [-0.15, -0.1) is 0 Å². The molecule has 1 aliphatic carbocycles. The fourth-order valence-corrected chi connectivity index (χ4v) is 1.85. The smallest absolute Gasteiger partial charge is 0.130 e. The Morgan fingerprint density at radius 3 is 2.60 bits per heavy atom. The van der Waals surface area contributed by atoms with E-state index in [1.54, 1.807) is 6.07 Å². The Balaban J connectivity index is 2.23. The normalized spacial score (nSPS) is 16.5. The number of halogens is 1. The van der Waals surface area contributed by atoms with Gasteiger partial charge in [0, 0.05) is 5.56 Å². The Hall–Kier alpha value is -1.05. The standard InChI is InChI=1S/C13H17FO/c1-9(2)13-11(14)7-4-8-12(13)15-10-5-3-6-10/h4,7-10H,3,5-6H2,1-2H3. The predicted octanol–water partition coefficient (Wildman–Crippen LogP) is 3.88. The highest BCUT2D eigenvalue weighted by atomic mass is 19.1. The van der Waals surface area contributed by atoms with Crippen LogP contribution in [0.4, 0.5) is 4.39 Å². The average Bonchev–Trinajstić information content (AvgIpc) is 2.10. The Morgan fingerprint density at radius 1 is 1.33 bits per heavy atom. The van der Waals surface area contributed by atoms with Crippen LogP contribution in [0.3, 0.4) is 0 Å². The molecule has 0 aliphatic heterocycles. The minimum atomic E-state index is -0.151. The molecule has 82 valence electrons. The molecule has 2 rings (SSSR count). The molecule has 0 unspecified atom stereocenters. The van der Waals surface area contributed by atoms with Gasteiger partial charge in [0.2, 0.25) is 0 Å². The van der Waals surface area contributed by atoms with Crippen LogP contribution in [0.2, 0.25) is 0 Å². The van der Waals surface area contributed by atoms with Gasteiger partial charge in [-0.2, -0.15) is 0 Å². The van der Waals surface area contributed by atoms with Crippen LogP contribution in [0.25, 0.3) is 0 Å². The van der Waals surface area contributed by atoms with Gasteiger partial charge >= 0.3 is 0 Å². The molecule has 1 fully saturated rings. The lowest BCUT2D eigenvalue weighted by molar-refractivity contribution is 0.118. The van der Waals surface area contributed by atoms with Crippen LogP contribution in [-0.2, 0) is 0 Å². The summed E-state index contributed by atoms with van der Waals surface area (Å²) in [6.07, 6.45) is 3.75. The maximum absolute atomic E-state index is 13.6. The zero-order valence-corrected chi connectivity index (χ0v) is 9.29. The van der Waals surface area contributed by atoms with Gasteiger partial charge in [-0.1, -0.05) is 19.9 Å². The molecule has 15 heavy (non-hydrogen) atoms. The molecule has 0 spiro atoms. The van der Waals surface area contributed by atoms with Gasteiger partial charge < -0.3 is 4.74 Å². The van der Waals surface area contributed by atoms with Gasteiger partial charge in [-0.3, -0.25) is 0 Å². The Morgan fingerprint density at radius 2 is 2.07 bits per heavy atom. The summed E-state index contributed by atoms with van der Waals surface area (Å²) in [5, 5.41) is 0. The van der Waals surface area contributed by atoms with Gasteiger partial charge in [-0.05, 0) is 37.3 Å². The van der Waals surface area contributed by atoms with Crippen molar-refractivity contribution in [2.24, 2.45) is 0 Å². The molecule has 0 saturated heterocycles. The molecule has 0 atom stereocenters. The van der Waals surface area contributed by atoms with Crippen molar-refractivity contribution in [3.63, 3.8) is 0 Å². The highest BCUT2D eigenvalue weighted by Crippen LogP contribution is 2.32. The van der Waals surface area contributed by atoms with Crippen LogP contribution in [0.5, 0.6) is 5.75 Å². The molecule has 1 aromatic rings. The van der Waals surface area contributed by atoms with E-state index in [4.69, 9.17) is 4.74 Å². The largest absolute Gasteiger partial charge is 0.490 e. The van der Waals surface area contributed by atoms with E-state index in [1.807, 2.05) is 19.9 Å². The molecule has 0 amide bonds. The van der Waals surface area contributed by atoms with E-state index in [0.29, 0.717) is 11.7 Å². The van der Waals surface area contributed by atoms with Gasteiger partial charge in [0.15, 0.2) is 0 Å². The molecular weight excluding hydrogens is 191 g/mol. The van der Waals surface area contributed by atoms with Crippen molar-refractivity contribution < 1.29 is 9.13 Å². The summed E-state index contributed by atoms with van der Waals surface area (Å²) < 4.78 is 19.4. The number of ether oxygens (including phenoxy) is 1. The summed E-state index contributed by atoms with van der Waals surface area (Å²) in [5.41, 5.74) is 0.712. The monoisotopic (exact) mass is 208 g/mol. The van der Waals surface area contributed by atoms with E-state index in [-0.39, 0.29) is 11.7 Å². The van der Waals surface area contributed by atoms with E-state index < -0.39 is 0 Å². The average molecular weight is 208 g/mol. The quantitative estimate of drug-likeness (QED) is 0.732. The topological polar surface area (TPSA) is 9.23 Å². The molecule has 0 N–H and O–H groups in total. The number of benzene rings is 1. The van der Waals surface area contributed by atoms with Gasteiger partial charge in [-0.25, -0.2) is 4.39 Å². The minimum absolute atomic E-state index is 0.151. The van der Waals surface area contributed by atoms with Crippen molar-refractivity contribution >= 4 is 0 Å². The molecule has 0 heterocycles. The van der Waals surface area contributed by atoms with Crippen LogP contribution in [0, 0.1) is 5.82 Å². The first-order valence-corrected chi connectivity index (χ1v) is 5.63. The Bertz CT molecular complexity index is 342. The van der Waals surface area contributed by atoms with Crippen molar-refractivity contribution in [3.8, 4) is 5.75 Å². The second kappa shape index (κ2) is 4.21. The van der Waals surface area contributed by atoms with Crippen LogP contribution < -0.4 is 4.74 Å². The molecule has 1 aromatic carbocycles. The fraction of sp³-hybridized carbons (Fsp3) is 0.538. The second-order valence-electron chi connectivity index (χ2n) is 4.48. The molecule has 0 aromatic heterocycles. The summed E-state index contributed by atoms with van der Waals surface area (Å²) in [5.74, 6) is 0.748. The van der Waals surface area contributed by atoms with Crippen LogP contribution in [-0.4, -0.2) is 6.10 Å². The van der Waals surface area contributed by atoms with E-state index in [1.165, 1.54) is 12.5 Å². The highest BCUT2D eigenvalue weighted by molar-refractivity contribution is 5.37. The molecule has 1 aliphatic rings. The van der Waals surface area contributed by atoms with Gasteiger partial charge in [0.05, 0.1) is 6.10 Å². The fourth-order valence-electron chi connectivity index (χ4n) is 1.85. The zero-order chi connectivity index (χ0) is 10.8. The third-order valence-corrected chi connectivity index (χ3v) is 2.94. The second-order valence-corrected chi connectivity index (χ2v) is 4.48.